The van der Waals surface area contributed by atoms with Crippen LogP contribution in [0, 0.1) is 6.92 Å². The van der Waals surface area contributed by atoms with Crippen LogP contribution in [0.2, 0.25) is 5.02 Å². The molecule has 0 radical (unpaired) electrons. The molecule has 0 spiro atoms. The smallest absolute Gasteiger partial charge is 0.223 e. The zero-order chi connectivity index (χ0) is 16.8. The van der Waals surface area contributed by atoms with Gasteiger partial charge in [-0.15, -0.1) is 0 Å². The van der Waals surface area contributed by atoms with E-state index in [1.54, 1.807) is 30.1 Å². The maximum Gasteiger partial charge on any atom is 0.223 e. The molecule has 0 bridgehead atoms. The summed E-state index contributed by atoms with van der Waals surface area (Å²) in [7, 11) is 1.72. The van der Waals surface area contributed by atoms with E-state index in [4.69, 9.17) is 11.6 Å². The predicted molar refractivity (Wildman–Crippen MR) is 92.7 cm³/mol. The van der Waals surface area contributed by atoms with Crippen LogP contribution in [0.25, 0.3) is 0 Å². The van der Waals surface area contributed by atoms with E-state index < -0.39 is 0 Å². The molecule has 1 amide bonds. The van der Waals surface area contributed by atoms with Crippen LogP contribution < -0.4 is 0 Å². The number of Topliss-reactive ketones (excluding diaryl/α,β-unsaturated/α-hetero) is 1. The number of carbonyl (C=O) groups excluding carboxylic acids is 2. The minimum Gasteiger partial charge on any atom is -0.341 e. The summed E-state index contributed by atoms with van der Waals surface area (Å²) in [5, 5.41) is 0.642. The van der Waals surface area contributed by atoms with E-state index in [1.807, 2.05) is 37.3 Å². The number of rotatable bonds is 6. The molecule has 23 heavy (non-hydrogen) atoms. The van der Waals surface area contributed by atoms with E-state index in [0.717, 1.165) is 11.1 Å². The van der Waals surface area contributed by atoms with Gasteiger partial charge in [-0.1, -0.05) is 59.6 Å². The van der Waals surface area contributed by atoms with Gasteiger partial charge in [0.2, 0.25) is 5.91 Å². The van der Waals surface area contributed by atoms with E-state index >= 15 is 0 Å². The molecule has 0 aliphatic heterocycles. The second kappa shape index (κ2) is 7.93. The topological polar surface area (TPSA) is 37.4 Å². The first kappa shape index (κ1) is 17.2. The molecule has 0 aliphatic carbocycles. The molecule has 4 heteroatoms. The van der Waals surface area contributed by atoms with Crippen LogP contribution in [0.15, 0.2) is 48.5 Å². The number of hydrogen-bond acceptors (Lipinski definition) is 2. The maximum atomic E-state index is 12.2. The highest BCUT2D eigenvalue weighted by atomic mass is 35.5. The molecule has 2 rings (SSSR count). The highest BCUT2D eigenvalue weighted by molar-refractivity contribution is 6.31. The van der Waals surface area contributed by atoms with E-state index in [-0.39, 0.29) is 24.5 Å². The van der Waals surface area contributed by atoms with Gasteiger partial charge in [0, 0.05) is 37.0 Å². The van der Waals surface area contributed by atoms with Crippen LogP contribution in [-0.2, 0) is 11.3 Å². The average Bonchev–Trinajstić information content (AvgIpc) is 2.55. The molecule has 2 aromatic carbocycles. The van der Waals surface area contributed by atoms with Crippen molar-refractivity contribution in [3.63, 3.8) is 0 Å². The number of nitrogens with zero attached hydrogens (tertiary/aromatic N) is 1. The Hall–Kier alpha value is -2.13. The van der Waals surface area contributed by atoms with Gasteiger partial charge in [-0.25, -0.2) is 0 Å². The van der Waals surface area contributed by atoms with Crippen LogP contribution in [0.4, 0.5) is 0 Å². The number of carbonyl (C=O) groups is 2. The molecule has 0 saturated carbocycles. The van der Waals surface area contributed by atoms with Crippen molar-refractivity contribution < 1.29 is 9.59 Å². The van der Waals surface area contributed by atoms with Crippen molar-refractivity contribution in [2.75, 3.05) is 7.05 Å². The summed E-state index contributed by atoms with van der Waals surface area (Å²) in [6.45, 7) is 2.42. The van der Waals surface area contributed by atoms with E-state index in [9.17, 15) is 9.59 Å². The van der Waals surface area contributed by atoms with Gasteiger partial charge in [0.25, 0.3) is 0 Å². The second-order valence-corrected chi connectivity index (χ2v) is 6.04. The Balaban J connectivity index is 1.87. The number of hydrogen-bond donors (Lipinski definition) is 0. The van der Waals surface area contributed by atoms with Crippen LogP contribution in [0.3, 0.4) is 0 Å². The molecular weight excluding hydrogens is 310 g/mol. The average molecular weight is 330 g/mol. The number of halogens is 1. The lowest BCUT2D eigenvalue weighted by Gasteiger charge is -2.18. The van der Waals surface area contributed by atoms with Crippen molar-refractivity contribution in [3.05, 3.63) is 70.2 Å². The molecule has 2 aromatic rings. The third-order valence-corrected chi connectivity index (χ3v) is 4.10. The third kappa shape index (κ3) is 4.93. The molecule has 0 aliphatic rings. The van der Waals surface area contributed by atoms with E-state index in [1.165, 1.54) is 0 Å². The van der Waals surface area contributed by atoms with Gasteiger partial charge < -0.3 is 4.90 Å². The number of aryl methyl sites for hydroxylation is 1. The van der Waals surface area contributed by atoms with Crippen LogP contribution >= 0.6 is 11.6 Å². The maximum absolute atomic E-state index is 12.2. The van der Waals surface area contributed by atoms with Crippen molar-refractivity contribution in [3.8, 4) is 0 Å². The summed E-state index contributed by atoms with van der Waals surface area (Å²) in [5.41, 5.74) is 2.66. The van der Waals surface area contributed by atoms with Gasteiger partial charge in [0.05, 0.1) is 0 Å². The first-order chi connectivity index (χ1) is 11.0. The molecule has 0 fully saturated rings. The Bertz CT molecular complexity index is 695. The van der Waals surface area contributed by atoms with Gasteiger partial charge in [-0.2, -0.15) is 0 Å². The Morgan fingerprint density at radius 2 is 1.65 bits per heavy atom. The van der Waals surface area contributed by atoms with Crippen molar-refractivity contribution in [1.82, 2.24) is 4.90 Å². The normalized spacial score (nSPS) is 10.4. The molecule has 0 unspecified atom stereocenters. The first-order valence-electron chi connectivity index (χ1n) is 7.54. The first-order valence-corrected chi connectivity index (χ1v) is 7.92. The minimum atomic E-state index is -0.0645. The molecule has 3 nitrogen and oxygen atoms in total. The molecule has 0 aromatic heterocycles. The standard InChI is InChI=1S/C19H20ClNO2/c1-14-7-9-15(10-8-14)18(22)11-12-19(23)21(2)13-16-5-3-4-6-17(16)20/h3-10H,11-13H2,1-2H3. The Morgan fingerprint density at radius 3 is 2.30 bits per heavy atom. The predicted octanol–water partition coefficient (Wildman–Crippen LogP) is 4.27. The fourth-order valence-corrected chi connectivity index (χ4v) is 2.46. The lowest BCUT2D eigenvalue weighted by Crippen LogP contribution is -2.26. The van der Waals surface area contributed by atoms with Crippen LogP contribution in [0.5, 0.6) is 0 Å². The summed E-state index contributed by atoms with van der Waals surface area (Å²) in [5.74, 6) is -0.0742. The minimum absolute atomic E-state index is 0.00973. The zero-order valence-electron chi connectivity index (χ0n) is 13.4. The second-order valence-electron chi connectivity index (χ2n) is 5.63. The number of ketones is 1. The Kier molecular flexibility index (Phi) is 5.94. The number of amides is 1. The van der Waals surface area contributed by atoms with Gasteiger partial charge in [-0.05, 0) is 18.6 Å². The van der Waals surface area contributed by atoms with Crippen LogP contribution in [-0.4, -0.2) is 23.6 Å². The summed E-state index contributed by atoms with van der Waals surface area (Å²) >= 11 is 6.10. The molecule has 0 N–H and O–H groups in total. The van der Waals surface area contributed by atoms with Gasteiger partial charge in [-0.3, -0.25) is 9.59 Å². The lowest BCUT2D eigenvalue weighted by molar-refractivity contribution is -0.130. The van der Waals surface area contributed by atoms with Crippen LogP contribution in [0.1, 0.15) is 34.3 Å². The van der Waals surface area contributed by atoms with Crippen molar-refractivity contribution in [1.29, 1.82) is 0 Å². The molecule has 120 valence electrons. The van der Waals surface area contributed by atoms with E-state index in [0.29, 0.717) is 17.1 Å². The fraction of sp³-hybridized carbons (Fsp3) is 0.263. The zero-order valence-corrected chi connectivity index (χ0v) is 14.1. The SMILES string of the molecule is Cc1ccc(C(=O)CCC(=O)N(C)Cc2ccccc2Cl)cc1. The summed E-state index contributed by atoms with van der Waals surface area (Å²) in [6, 6.07) is 14.8. The molecular formula is C19H20ClNO2. The molecule has 0 saturated heterocycles. The Labute approximate surface area is 141 Å². The summed E-state index contributed by atoms with van der Waals surface area (Å²) < 4.78 is 0. The quantitative estimate of drug-likeness (QED) is 0.742. The van der Waals surface area contributed by atoms with Gasteiger partial charge in [0.15, 0.2) is 5.78 Å². The summed E-state index contributed by atoms with van der Waals surface area (Å²) in [6.07, 6.45) is 0.419. The molecule has 0 heterocycles. The molecule has 0 atom stereocenters. The van der Waals surface area contributed by atoms with Crippen molar-refractivity contribution >= 4 is 23.3 Å². The lowest BCUT2D eigenvalue weighted by atomic mass is 10.0. The Morgan fingerprint density at radius 1 is 1.00 bits per heavy atom. The summed E-state index contributed by atoms with van der Waals surface area (Å²) in [4.78, 5) is 25.9. The highest BCUT2D eigenvalue weighted by Crippen LogP contribution is 2.17. The highest BCUT2D eigenvalue weighted by Gasteiger charge is 2.14. The monoisotopic (exact) mass is 329 g/mol. The van der Waals surface area contributed by atoms with Gasteiger partial charge in [0.1, 0.15) is 0 Å². The number of benzene rings is 2. The van der Waals surface area contributed by atoms with Crippen molar-refractivity contribution in [2.24, 2.45) is 0 Å². The van der Waals surface area contributed by atoms with E-state index in [2.05, 4.69) is 0 Å². The fourth-order valence-electron chi connectivity index (χ4n) is 2.27. The third-order valence-electron chi connectivity index (χ3n) is 3.73. The van der Waals surface area contributed by atoms with Gasteiger partial charge >= 0.3 is 0 Å². The largest absolute Gasteiger partial charge is 0.341 e. The van der Waals surface area contributed by atoms with Crippen molar-refractivity contribution in [2.45, 2.75) is 26.3 Å².